The van der Waals surface area contributed by atoms with Crippen molar-refractivity contribution in [2.75, 3.05) is 41.0 Å². The second-order valence-electron chi connectivity index (χ2n) is 20.2. The van der Waals surface area contributed by atoms with Crippen LogP contribution in [0.2, 0.25) is 0 Å². The van der Waals surface area contributed by atoms with Crippen molar-refractivity contribution in [3.63, 3.8) is 0 Å². The van der Waals surface area contributed by atoms with Gasteiger partial charge in [0.1, 0.15) is 12.6 Å². The Hall–Kier alpha value is -2.19. The van der Waals surface area contributed by atoms with Gasteiger partial charge in [-0.2, -0.15) is 0 Å². The van der Waals surface area contributed by atoms with Gasteiger partial charge in [0.15, 0.2) is 6.10 Å². The third kappa shape index (κ3) is 46.7. The normalized spacial score (nSPS) is 12.9. The number of aliphatic carboxylic acids is 1. The maximum atomic E-state index is 12.8. The Balaban J connectivity index is 4.17. The molecular formula is C57H107NO7. The lowest BCUT2D eigenvalue weighted by Crippen LogP contribution is -2.55. The Bertz CT molecular complexity index is 1120. The second kappa shape index (κ2) is 48.3. The molecule has 0 fully saturated rings. The van der Waals surface area contributed by atoms with E-state index in [9.17, 15) is 19.5 Å². The van der Waals surface area contributed by atoms with Crippen LogP contribution < -0.4 is 5.11 Å². The molecule has 382 valence electrons. The van der Waals surface area contributed by atoms with Crippen LogP contribution in [0.3, 0.4) is 0 Å². The Labute approximate surface area is 402 Å². The van der Waals surface area contributed by atoms with Gasteiger partial charge in [-0.3, -0.25) is 9.59 Å². The van der Waals surface area contributed by atoms with Crippen LogP contribution in [0.25, 0.3) is 0 Å². The van der Waals surface area contributed by atoms with E-state index >= 15 is 0 Å². The Morgan fingerprint density at radius 3 is 1.18 bits per heavy atom. The Morgan fingerprint density at radius 2 is 0.815 bits per heavy atom. The van der Waals surface area contributed by atoms with Crippen molar-refractivity contribution < 1.29 is 38.2 Å². The SMILES string of the molecule is CCCCCCC/C=C\C/C=C\CCCCCCCCCCCC(=O)OC(COCCC(C(=O)[O-])[N+](C)(C)C)COC(=O)CCCCCCCCCCCCCCCCCCCCCC. The Kier molecular flexibility index (Phi) is 46.6. The minimum atomic E-state index is -1.12. The molecule has 0 aromatic carbocycles. The first-order valence-electron chi connectivity index (χ1n) is 27.9. The van der Waals surface area contributed by atoms with Gasteiger partial charge >= 0.3 is 11.9 Å². The molecule has 0 spiro atoms. The first-order valence-corrected chi connectivity index (χ1v) is 27.9. The maximum Gasteiger partial charge on any atom is 0.306 e. The number of hydrogen-bond acceptors (Lipinski definition) is 7. The van der Waals surface area contributed by atoms with Gasteiger partial charge in [-0.15, -0.1) is 0 Å². The van der Waals surface area contributed by atoms with Gasteiger partial charge in [-0.25, -0.2) is 0 Å². The summed E-state index contributed by atoms with van der Waals surface area (Å²) in [6.45, 7) is 4.70. The van der Waals surface area contributed by atoms with Crippen molar-refractivity contribution in [2.24, 2.45) is 0 Å². The van der Waals surface area contributed by atoms with Crippen molar-refractivity contribution in [3.8, 4) is 0 Å². The minimum absolute atomic E-state index is 0.0438. The number of allylic oxidation sites excluding steroid dienone is 4. The zero-order valence-corrected chi connectivity index (χ0v) is 43.7. The first kappa shape index (κ1) is 62.8. The van der Waals surface area contributed by atoms with E-state index in [2.05, 4.69) is 38.2 Å². The van der Waals surface area contributed by atoms with E-state index in [1.165, 1.54) is 193 Å². The average molecular weight is 918 g/mol. The molecule has 2 atom stereocenters. The van der Waals surface area contributed by atoms with Gasteiger partial charge in [-0.05, 0) is 44.9 Å². The van der Waals surface area contributed by atoms with Crippen LogP contribution in [0.15, 0.2) is 24.3 Å². The van der Waals surface area contributed by atoms with E-state index in [0.29, 0.717) is 12.8 Å². The third-order valence-electron chi connectivity index (χ3n) is 12.8. The fourth-order valence-corrected chi connectivity index (χ4v) is 8.52. The Morgan fingerprint density at radius 1 is 0.462 bits per heavy atom. The average Bonchev–Trinajstić information content (AvgIpc) is 3.27. The summed E-state index contributed by atoms with van der Waals surface area (Å²) in [6.07, 6.45) is 56.4. The number of quaternary nitrogens is 1. The summed E-state index contributed by atoms with van der Waals surface area (Å²) in [7, 11) is 5.43. The molecule has 0 aliphatic carbocycles. The van der Waals surface area contributed by atoms with Gasteiger partial charge in [0, 0.05) is 19.3 Å². The van der Waals surface area contributed by atoms with Crippen LogP contribution in [-0.2, 0) is 28.6 Å². The van der Waals surface area contributed by atoms with E-state index in [1.54, 1.807) is 0 Å². The lowest BCUT2D eigenvalue weighted by atomic mass is 10.0. The fraction of sp³-hybridized carbons (Fsp3) is 0.877. The number of esters is 2. The van der Waals surface area contributed by atoms with Crippen LogP contribution in [0.5, 0.6) is 0 Å². The molecule has 0 saturated heterocycles. The standard InChI is InChI=1S/C57H107NO7/c1-6-8-10-12-14-16-18-20-22-24-26-28-30-32-34-36-38-40-42-44-46-48-56(60)65-53(51-63-50-49-54(57(61)62)58(3,4)5)52-64-55(59)47-45-43-41-39-37-35-33-31-29-27-25-23-21-19-17-15-13-11-9-7-2/h18,20,24,26,53-54H,6-17,19,21-23,25,27-52H2,1-5H3/b20-18-,26-24-. The summed E-state index contributed by atoms with van der Waals surface area (Å²) in [6, 6.07) is -0.725. The highest BCUT2D eigenvalue weighted by Gasteiger charge is 2.25. The number of carboxylic acids is 1. The molecule has 0 heterocycles. The topological polar surface area (TPSA) is 102 Å². The van der Waals surface area contributed by atoms with Gasteiger partial charge in [0.25, 0.3) is 0 Å². The summed E-state index contributed by atoms with van der Waals surface area (Å²) in [4.78, 5) is 37.1. The highest BCUT2D eigenvalue weighted by molar-refractivity contribution is 5.70. The second-order valence-corrected chi connectivity index (χ2v) is 20.2. The largest absolute Gasteiger partial charge is 0.544 e. The smallest absolute Gasteiger partial charge is 0.306 e. The van der Waals surface area contributed by atoms with Gasteiger partial charge in [-0.1, -0.05) is 231 Å². The van der Waals surface area contributed by atoms with Crippen molar-refractivity contribution >= 4 is 17.9 Å². The molecule has 8 nitrogen and oxygen atoms in total. The van der Waals surface area contributed by atoms with Crippen molar-refractivity contribution in [2.45, 2.75) is 283 Å². The van der Waals surface area contributed by atoms with Crippen LogP contribution in [0.4, 0.5) is 0 Å². The number of nitrogens with zero attached hydrogens (tertiary/aromatic N) is 1. The highest BCUT2D eigenvalue weighted by Crippen LogP contribution is 2.17. The number of likely N-dealkylation sites (N-methyl/N-ethyl adjacent to an activating group) is 1. The summed E-state index contributed by atoms with van der Waals surface area (Å²) in [5.41, 5.74) is 0. The molecule has 8 heteroatoms. The van der Waals surface area contributed by atoms with Crippen LogP contribution in [0, 0.1) is 0 Å². The molecule has 0 amide bonds. The molecule has 0 N–H and O–H groups in total. The summed E-state index contributed by atoms with van der Waals surface area (Å²) >= 11 is 0. The fourth-order valence-electron chi connectivity index (χ4n) is 8.52. The summed E-state index contributed by atoms with van der Waals surface area (Å²) < 4.78 is 17.3. The maximum absolute atomic E-state index is 12.8. The number of hydrogen-bond donors (Lipinski definition) is 0. The molecule has 0 aliphatic rings. The lowest BCUT2D eigenvalue weighted by molar-refractivity contribution is -0.889. The monoisotopic (exact) mass is 918 g/mol. The molecule has 0 radical (unpaired) electrons. The minimum Gasteiger partial charge on any atom is -0.544 e. The zero-order valence-electron chi connectivity index (χ0n) is 43.7. The van der Waals surface area contributed by atoms with Crippen molar-refractivity contribution in [1.82, 2.24) is 0 Å². The predicted octanol–water partition coefficient (Wildman–Crippen LogP) is 15.0. The number of carbonyl (C=O) groups excluding carboxylic acids is 3. The number of carbonyl (C=O) groups is 3. The molecule has 0 saturated carbocycles. The molecule has 2 unspecified atom stereocenters. The number of rotatable bonds is 51. The van der Waals surface area contributed by atoms with Crippen molar-refractivity contribution in [3.05, 3.63) is 24.3 Å². The van der Waals surface area contributed by atoms with Crippen LogP contribution in [-0.4, -0.2) is 75.5 Å². The molecule has 0 bridgehead atoms. The van der Waals surface area contributed by atoms with Gasteiger partial charge < -0.3 is 28.6 Å². The van der Waals surface area contributed by atoms with Gasteiger partial charge in [0.05, 0.1) is 40.3 Å². The molecule has 65 heavy (non-hydrogen) atoms. The quantitative estimate of drug-likeness (QED) is 0.0259. The van der Waals surface area contributed by atoms with E-state index in [4.69, 9.17) is 14.2 Å². The van der Waals surface area contributed by atoms with Crippen LogP contribution in [0.1, 0.15) is 271 Å². The van der Waals surface area contributed by atoms with E-state index in [0.717, 1.165) is 44.9 Å². The number of carboxylic acid groups (broad SMARTS) is 1. The van der Waals surface area contributed by atoms with Gasteiger partial charge in [0.2, 0.25) is 0 Å². The van der Waals surface area contributed by atoms with E-state index in [-0.39, 0.29) is 42.7 Å². The van der Waals surface area contributed by atoms with Crippen molar-refractivity contribution in [1.29, 1.82) is 0 Å². The summed E-state index contributed by atoms with van der Waals surface area (Å²) in [5.74, 6) is -1.72. The molecule has 0 rings (SSSR count). The highest BCUT2D eigenvalue weighted by atomic mass is 16.6. The third-order valence-corrected chi connectivity index (χ3v) is 12.8. The lowest BCUT2D eigenvalue weighted by Gasteiger charge is -2.34. The predicted molar refractivity (Wildman–Crippen MR) is 273 cm³/mol. The molecule has 0 aliphatic heterocycles. The number of ether oxygens (including phenoxy) is 3. The first-order chi connectivity index (χ1) is 31.6. The molecule has 0 aromatic rings. The van der Waals surface area contributed by atoms with E-state index < -0.39 is 18.1 Å². The molecule has 0 aromatic heterocycles. The zero-order chi connectivity index (χ0) is 47.7. The summed E-state index contributed by atoms with van der Waals surface area (Å²) in [5, 5.41) is 11.7. The van der Waals surface area contributed by atoms with E-state index in [1.807, 2.05) is 21.1 Å². The number of unbranched alkanes of at least 4 members (excludes halogenated alkanes) is 33. The van der Waals surface area contributed by atoms with Crippen LogP contribution >= 0.6 is 0 Å². The molecular weight excluding hydrogens is 811 g/mol.